The highest BCUT2D eigenvalue weighted by atomic mass is 19.3. The summed E-state index contributed by atoms with van der Waals surface area (Å²) in [7, 11) is 0. The average molecular weight is 326 g/mol. The Kier molecular flexibility index (Phi) is 5.15. The predicted molar refractivity (Wildman–Crippen MR) is 76.8 cm³/mol. The van der Waals surface area contributed by atoms with Crippen LogP contribution in [0.15, 0.2) is 35.5 Å². The summed E-state index contributed by atoms with van der Waals surface area (Å²) >= 11 is 0. The fourth-order valence-electron chi connectivity index (χ4n) is 2.26. The van der Waals surface area contributed by atoms with Crippen LogP contribution >= 0.6 is 0 Å². The lowest BCUT2D eigenvalue weighted by atomic mass is 9.95. The molecule has 0 spiro atoms. The van der Waals surface area contributed by atoms with Gasteiger partial charge in [-0.05, 0) is 31.5 Å². The molecule has 124 valence electrons. The zero-order valence-electron chi connectivity index (χ0n) is 12.6. The van der Waals surface area contributed by atoms with E-state index >= 15 is 0 Å². The second kappa shape index (κ2) is 7.08. The minimum atomic E-state index is -2.92. The molecular formula is C15H16F2N2O4. The number of hydrogen-bond donors (Lipinski definition) is 2. The van der Waals surface area contributed by atoms with Gasteiger partial charge in [0.05, 0.1) is 18.2 Å². The van der Waals surface area contributed by atoms with Crippen LogP contribution in [0.25, 0.3) is 0 Å². The number of esters is 1. The smallest absolute Gasteiger partial charge is 0.387 e. The molecule has 0 aromatic heterocycles. The van der Waals surface area contributed by atoms with Gasteiger partial charge >= 0.3 is 18.6 Å². The molecule has 0 saturated carbocycles. The van der Waals surface area contributed by atoms with Gasteiger partial charge in [-0.25, -0.2) is 9.59 Å². The third kappa shape index (κ3) is 3.97. The van der Waals surface area contributed by atoms with Gasteiger partial charge in [0.15, 0.2) is 0 Å². The highest BCUT2D eigenvalue weighted by molar-refractivity contribution is 5.95. The van der Waals surface area contributed by atoms with Gasteiger partial charge in [-0.2, -0.15) is 8.78 Å². The molecule has 6 nitrogen and oxygen atoms in total. The molecule has 0 bridgehead atoms. The summed E-state index contributed by atoms with van der Waals surface area (Å²) in [6, 6.07) is 4.49. The molecule has 1 aliphatic heterocycles. The van der Waals surface area contributed by atoms with Crippen LogP contribution in [0.1, 0.15) is 25.5 Å². The van der Waals surface area contributed by atoms with Crippen LogP contribution in [0.3, 0.4) is 0 Å². The largest absolute Gasteiger partial charge is 0.463 e. The zero-order chi connectivity index (χ0) is 17.0. The van der Waals surface area contributed by atoms with Crippen LogP contribution in [0.5, 0.6) is 5.75 Å². The van der Waals surface area contributed by atoms with E-state index in [0.717, 1.165) is 0 Å². The van der Waals surface area contributed by atoms with E-state index in [4.69, 9.17) is 4.74 Å². The second-order valence-electron chi connectivity index (χ2n) is 4.74. The fourth-order valence-corrected chi connectivity index (χ4v) is 2.26. The SMILES string of the molecule is CCOC(=O)C1=C(C)NC(=O)N[C@H]1c1ccc(OC(F)F)cc1. The van der Waals surface area contributed by atoms with Crippen molar-refractivity contribution < 1.29 is 27.8 Å². The molecule has 1 heterocycles. The lowest BCUT2D eigenvalue weighted by Crippen LogP contribution is -2.45. The molecule has 1 atom stereocenters. The molecular weight excluding hydrogens is 310 g/mol. The molecule has 2 N–H and O–H groups in total. The first-order chi connectivity index (χ1) is 10.9. The first kappa shape index (κ1) is 16.7. The van der Waals surface area contributed by atoms with E-state index in [0.29, 0.717) is 11.3 Å². The van der Waals surface area contributed by atoms with Gasteiger partial charge in [0.2, 0.25) is 0 Å². The highest BCUT2D eigenvalue weighted by Crippen LogP contribution is 2.29. The molecule has 2 amide bonds. The Morgan fingerprint density at radius 3 is 2.52 bits per heavy atom. The van der Waals surface area contributed by atoms with Gasteiger partial charge in [0, 0.05) is 5.70 Å². The number of halogens is 2. The fraction of sp³-hybridized carbons (Fsp3) is 0.333. The minimum Gasteiger partial charge on any atom is -0.463 e. The van der Waals surface area contributed by atoms with Crippen LogP contribution in [-0.2, 0) is 9.53 Å². The van der Waals surface area contributed by atoms with Crippen LogP contribution in [0.2, 0.25) is 0 Å². The number of urea groups is 1. The quantitative estimate of drug-likeness (QED) is 0.815. The van der Waals surface area contributed by atoms with E-state index in [1.807, 2.05) is 0 Å². The van der Waals surface area contributed by atoms with Gasteiger partial charge in [-0.3, -0.25) is 0 Å². The summed E-state index contributed by atoms with van der Waals surface area (Å²) in [5.41, 5.74) is 1.18. The van der Waals surface area contributed by atoms with Crippen molar-refractivity contribution in [2.24, 2.45) is 0 Å². The van der Waals surface area contributed by atoms with E-state index in [2.05, 4.69) is 15.4 Å². The molecule has 1 aliphatic rings. The molecule has 23 heavy (non-hydrogen) atoms. The van der Waals surface area contributed by atoms with Gasteiger partial charge in [-0.1, -0.05) is 12.1 Å². The van der Waals surface area contributed by atoms with Crippen LogP contribution in [0.4, 0.5) is 13.6 Å². The Bertz CT molecular complexity index is 629. The van der Waals surface area contributed by atoms with Crippen LogP contribution < -0.4 is 15.4 Å². The van der Waals surface area contributed by atoms with Crippen molar-refractivity contribution >= 4 is 12.0 Å². The Morgan fingerprint density at radius 1 is 1.30 bits per heavy atom. The zero-order valence-corrected chi connectivity index (χ0v) is 12.6. The predicted octanol–water partition coefficient (Wildman–Crippen LogP) is 2.48. The molecule has 1 aromatic rings. The number of nitrogens with one attached hydrogen (secondary N) is 2. The maximum atomic E-state index is 12.2. The maximum absolute atomic E-state index is 12.2. The van der Waals surface area contributed by atoms with Crippen molar-refractivity contribution in [2.75, 3.05) is 6.61 Å². The van der Waals surface area contributed by atoms with Gasteiger partial charge in [0.25, 0.3) is 0 Å². The lowest BCUT2D eigenvalue weighted by molar-refractivity contribution is -0.139. The highest BCUT2D eigenvalue weighted by Gasteiger charge is 2.32. The van der Waals surface area contributed by atoms with E-state index in [1.54, 1.807) is 13.8 Å². The molecule has 0 fully saturated rings. The molecule has 0 saturated heterocycles. The average Bonchev–Trinajstić information content (AvgIpc) is 2.46. The molecule has 0 radical (unpaired) electrons. The monoisotopic (exact) mass is 326 g/mol. The Hall–Kier alpha value is -2.64. The first-order valence-electron chi connectivity index (χ1n) is 6.92. The summed E-state index contributed by atoms with van der Waals surface area (Å²) in [6.45, 7) is 0.536. The molecule has 0 aliphatic carbocycles. The van der Waals surface area contributed by atoms with E-state index < -0.39 is 24.7 Å². The summed E-state index contributed by atoms with van der Waals surface area (Å²) in [6.07, 6.45) is 0. The van der Waals surface area contributed by atoms with E-state index in [9.17, 15) is 18.4 Å². The van der Waals surface area contributed by atoms with Crippen molar-refractivity contribution in [1.82, 2.24) is 10.6 Å². The van der Waals surface area contributed by atoms with Crippen molar-refractivity contribution in [1.29, 1.82) is 0 Å². The number of benzene rings is 1. The second-order valence-corrected chi connectivity index (χ2v) is 4.74. The third-order valence-electron chi connectivity index (χ3n) is 3.20. The minimum absolute atomic E-state index is 0.0117. The van der Waals surface area contributed by atoms with E-state index in [-0.39, 0.29) is 17.9 Å². The third-order valence-corrected chi connectivity index (χ3v) is 3.20. The number of carbonyl (C=O) groups excluding carboxylic acids is 2. The molecule has 1 aromatic carbocycles. The number of ether oxygens (including phenoxy) is 2. The van der Waals surface area contributed by atoms with Crippen LogP contribution in [-0.4, -0.2) is 25.2 Å². The van der Waals surface area contributed by atoms with Gasteiger partial charge in [0.1, 0.15) is 5.75 Å². The summed E-state index contributed by atoms with van der Waals surface area (Å²) in [5, 5.41) is 5.13. The van der Waals surface area contributed by atoms with Gasteiger partial charge in [-0.15, -0.1) is 0 Å². The Balaban J connectivity index is 2.32. The summed E-state index contributed by atoms with van der Waals surface area (Å²) in [4.78, 5) is 23.8. The number of alkyl halides is 2. The van der Waals surface area contributed by atoms with Crippen molar-refractivity contribution in [3.8, 4) is 5.75 Å². The number of allylic oxidation sites excluding steroid dienone is 1. The van der Waals surface area contributed by atoms with Gasteiger partial charge < -0.3 is 20.1 Å². The molecule has 2 rings (SSSR count). The van der Waals surface area contributed by atoms with Crippen LogP contribution in [0, 0.1) is 0 Å². The number of amides is 2. The van der Waals surface area contributed by atoms with Crippen molar-refractivity contribution in [3.05, 3.63) is 41.1 Å². The van der Waals surface area contributed by atoms with Crippen molar-refractivity contribution in [2.45, 2.75) is 26.5 Å². The number of rotatable bonds is 5. The molecule has 0 unspecified atom stereocenters. The number of carbonyl (C=O) groups is 2. The van der Waals surface area contributed by atoms with E-state index in [1.165, 1.54) is 24.3 Å². The summed E-state index contributed by atoms with van der Waals surface area (Å²) in [5.74, 6) is -0.571. The number of hydrogen-bond acceptors (Lipinski definition) is 4. The molecule has 8 heteroatoms. The van der Waals surface area contributed by atoms with Crippen molar-refractivity contribution in [3.63, 3.8) is 0 Å². The normalized spacial score (nSPS) is 17.6. The topological polar surface area (TPSA) is 76.7 Å². The first-order valence-corrected chi connectivity index (χ1v) is 6.92. The lowest BCUT2D eigenvalue weighted by Gasteiger charge is -2.28. The standard InChI is InChI=1S/C15H16F2N2O4/c1-3-22-13(20)11-8(2)18-15(21)19-12(11)9-4-6-10(7-5-9)23-14(16)17/h4-7,12,14H,3H2,1-2H3,(H2,18,19,21)/t12-/m0/s1. The Morgan fingerprint density at radius 2 is 1.96 bits per heavy atom. The Labute approximate surface area is 131 Å². The summed E-state index contributed by atoms with van der Waals surface area (Å²) < 4.78 is 33.6. The maximum Gasteiger partial charge on any atom is 0.387 e.